The molecule has 0 saturated carbocycles. The molecule has 0 spiro atoms. The lowest BCUT2D eigenvalue weighted by molar-refractivity contribution is 0.229. The van der Waals surface area contributed by atoms with Crippen LogP contribution in [-0.2, 0) is 9.84 Å². The normalized spacial score (nSPS) is 12.9. The van der Waals surface area contributed by atoms with Crippen molar-refractivity contribution in [1.82, 2.24) is 10.6 Å². The van der Waals surface area contributed by atoms with Crippen molar-refractivity contribution >= 4 is 15.8 Å². The summed E-state index contributed by atoms with van der Waals surface area (Å²) in [5.41, 5.74) is 0. The molecular formula is C21H29N3O4S. The fourth-order valence-electron chi connectivity index (χ4n) is 2.56. The minimum absolute atomic E-state index is 0.0166. The first kappa shape index (κ1) is 22.5. The van der Waals surface area contributed by atoms with Crippen molar-refractivity contribution in [3.63, 3.8) is 0 Å². The molecule has 158 valence electrons. The molecule has 2 rings (SSSR count). The molecule has 8 heteroatoms. The number of hydrogen-bond acceptors (Lipinski definition) is 5. The molecule has 1 atom stereocenters. The van der Waals surface area contributed by atoms with Crippen LogP contribution in [0.2, 0.25) is 0 Å². The van der Waals surface area contributed by atoms with Gasteiger partial charge in [0.2, 0.25) is 0 Å². The molecule has 0 fully saturated rings. The maximum atomic E-state index is 12.4. The lowest BCUT2D eigenvalue weighted by atomic mass is 10.3. The van der Waals surface area contributed by atoms with E-state index in [1.165, 1.54) is 0 Å². The topological polar surface area (TPSA) is 89.0 Å². The Balaban J connectivity index is 1.88. The van der Waals surface area contributed by atoms with E-state index in [1.54, 1.807) is 37.4 Å². The van der Waals surface area contributed by atoms with E-state index < -0.39 is 9.84 Å². The van der Waals surface area contributed by atoms with Crippen molar-refractivity contribution in [2.24, 2.45) is 4.99 Å². The predicted octanol–water partition coefficient (Wildman–Crippen LogP) is 2.49. The molecule has 0 radical (unpaired) electrons. The number of guanidine groups is 1. The molecule has 0 aliphatic heterocycles. The highest BCUT2D eigenvalue weighted by atomic mass is 32.2. The molecular weight excluding hydrogens is 390 g/mol. The summed E-state index contributed by atoms with van der Waals surface area (Å²) in [6.07, 6.45) is -0.161. The van der Waals surface area contributed by atoms with Crippen molar-refractivity contribution in [2.45, 2.75) is 24.8 Å². The maximum Gasteiger partial charge on any atom is 0.191 e. The van der Waals surface area contributed by atoms with E-state index in [4.69, 9.17) is 9.47 Å². The van der Waals surface area contributed by atoms with E-state index in [2.05, 4.69) is 15.6 Å². The third-order valence-electron chi connectivity index (χ3n) is 3.99. The zero-order valence-electron chi connectivity index (χ0n) is 17.1. The summed E-state index contributed by atoms with van der Waals surface area (Å²) < 4.78 is 35.8. The van der Waals surface area contributed by atoms with Gasteiger partial charge in [-0.05, 0) is 38.1 Å². The lowest BCUT2D eigenvalue weighted by Gasteiger charge is -2.15. The third kappa shape index (κ3) is 7.65. The number of hydrogen-bond donors (Lipinski definition) is 2. The molecule has 7 nitrogen and oxygen atoms in total. The van der Waals surface area contributed by atoms with Crippen LogP contribution in [0.15, 0.2) is 64.5 Å². The Labute approximate surface area is 173 Å². The second-order valence-corrected chi connectivity index (χ2v) is 8.49. The summed E-state index contributed by atoms with van der Waals surface area (Å²) in [5, 5.41) is 6.18. The van der Waals surface area contributed by atoms with E-state index in [-0.39, 0.29) is 18.4 Å². The first-order chi connectivity index (χ1) is 13.9. The molecule has 0 aromatic heterocycles. The minimum atomic E-state index is -3.33. The second-order valence-electron chi connectivity index (χ2n) is 6.39. The standard InChI is InChI=1S/C21H29N3O4S/c1-4-22-21(23-13-14-29(25,26)20-11-6-5-7-12-20)24-16-17(2)28-19-10-8-9-18(15-19)27-3/h5-12,15,17H,4,13-14,16H2,1-3H3,(H2,22,23,24). The molecule has 1 unspecified atom stereocenters. The van der Waals surface area contributed by atoms with Gasteiger partial charge in [0, 0.05) is 19.2 Å². The highest BCUT2D eigenvalue weighted by Gasteiger charge is 2.13. The summed E-state index contributed by atoms with van der Waals surface area (Å²) in [6, 6.07) is 15.8. The van der Waals surface area contributed by atoms with Crippen LogP contribution in [0.3, 0.4) is 0 Å². The number of aliphatic imine (C=N–C) groups is 1. The first-order valence-electron chi connectivity index (χ1n) is 9.55. The summed E-state index contributed by atoms with van der Waals surface area (Å²) >= 11 is 0. The molecule has 0 aliphatic rings. The van der Waals surface area contributed by atoms with Crippen LogP contribution in [-0.4, -0.2) is 53.0 Å². The smallest absolute Gasteiger partial charge is 0.191 e. The van der Waals surface area contributed by atoms with Gasteiger partial charge in [0.15, 0.2) is 15.8 Å². The number of sulfone groups is 1. The van der Waals surface area contributed by atoms with Crippen molar-refractivity contribution in [1.29, 1.82) is 0 Å². The van der Waals surface area contributed by atoms with E-state index in [0.717, 1.165) is 5.75 Å². The van der Waals surface area contributed by atoms with Crippen LogP contribution >= 0.6 is 0 Å². The van der Waals surface area contributed by atoms with Gasteiger partial charge in [-0.25, -0.2) is 13.4 Å². The molecule has 2 aromatic rings. The van der Waals surface area contributed by atoms with Crippen LogP contribution in [0, 0.1) is 0 Å². The van der Waals surface area contributed by atoms with Crippen molar-refractivity contribution in [3.8, 4) is 11.5 Å². The van der Waals surface area contributed by atoms with Crippen molar-refractivity contribution < 1.29 is 17.9 Å². The van der Waals surface area contributed by atoms with Gasteiger partial charge in [-0.2, -0.15) is 0 Å². The zero-order valence-corrected chi connectivity index (χ0v) is 17.9. The monoisotopic (exact) mass is 419 g/mol. The molecule has 0 amide bonds. The predicted molar refractivity (Wildman–Crippen MR) is 116 cm³/mol. The fourth-order valence-corrected chi connectivity index (χ4v) is 3.73. The van der Waals surface area contributed by atoms with Crippen LogP contribution < -0.4 is 20.1 Å². The molecule has 2 N–H and O–H groups in total. The summed E-state index contributed by atoms with van der Waals surface area (Å²) in [5.74, 6) is 1.97. The van der Waals surface area contributed by atoms with Crippen LogP contribution in [0.5, 0.6) is 11.5 Å². The number of nitrogens with zero attached hydrogens (tertiary/aromatic N) is 1. The zero-order chi connectivity index (χ0) is 21.1. The Morgan fingerprint density at radius 1 is 1.07 bits per heavy atom. The van der Waals surface area contributed by atoms with E-state index in [9.17, 15) is 8.42 Å². The SMILES string of the molecule is CCNC(=NCC(C)Oc1cccc(OC)c1)NCCS(=O)(=O)c1ccccc1. The van der Waals surface area contributed by atoms with E-state index >= 15 is 0 Å². The summed E-state index contributed by atoms with van der Waals surface area (Å²) in [6.45, 7) is 5.22. The van der Waals surface area contributed by atoms with Gasteiger partial charge in [-0.1, -0.05) is 24.3 Å². The molecule has 0 saturated heterocycles. The quantitative estimate of drug-likeness (QED) is 0.454. The highest BCUT2D eigenvalue weighted by Crippen LogP contribution is 2.19. The van der Waals surface area contributed by atoms with Crippen LogP contribution in [0.4, 0.5) is 0 Å². The van der Waals surface area contributed by atoms with Gasteiger partial charge in [0.25, 0.3) is 0 Å². The van der Waals surface area contributed by atoms with Gasteiger partial charge in [0.05, 0.1) is 24.3 Å². The van der Waals surface area contributed by atoms with Crippen molar-refractivity contribution in [2.75, 3.05) is 32.5 Å². The number of rotatable bonds is 10. The molecule has 0 heterocycles. The van der Waals surface area contributed by atoms with Crippen molar-refractivity contribution in [3.05, 3.63) is 54.6 Å². The van der Waals surface area contributed by atoms with E-state index in [1.807, 2.05) is 38.1 Å². The van der Waals surface area contributed by atoms with Crippen LogP contribution in [0.25, 0.3) is 0 Å². The Morgan fingerprint density at radius 2 is 1.79 bits per heavy atom. The Morgan fingerprint density at radius 3 is 2.48 bits per heavy atom. The van der Waals surface area contributed by atoms with Gasteiger partial charge in [0.1, 0.15) is 17.6 Å². The largest absolute Gasteiger partial charge is 0.497 e. The Hall–Kier alpha value is -2.74. The Kier molecular flexibility index (Phi) is 8.79. The molecule has 29 heavy (non-hydrogen) atoms. The number of benzene rings is 2. The molecule has 2 aromatic carbocycles. The van der Waals surface area contributed by atoms with Gasteiger partial charge < -0.3 is 20.1 Å². The number of nitrogens with one attached hydrogen (secondary N) is 2. The van der Waals surface area contributed by atoms with Gasteiger partial charge in [-0.15, -0.1) is 0 Å². The summed E-state index contributed by atoms with van der Waals surface area (Å²) in [7, 11) is -1.72. The average Bonchev–Trinajstić information content (AvgIpc) is 2.72. The summed E-state index contributed by atoms with van der Waals surface area (Å²) in [4.78, 5) is 4.81. The van der Waals surface area contributed by atoms with Gasteiger partial charge in [-0.3, -0.25) is 0 Å². The lowest BCUT2D eigenvalue weighted by Crippen LogP contribution is -2.40. The third-order valence-corrected chi connectivity index (χ3v) is 5.73. The first-order valence-corrected chi connectivity index (χ1v) is 11.2. The maximum absolute atomic E-state index is 12.4. The average molecular weight is 420 g/mol. The number of methoxy groups -OCH3 is 1. The fraction of sp³-hybridized carbons (Fsp3) is 0.381. The van der Waals surface area contributed by atoms with E-state index in [0.29, 0.717) is 29.7 Å². The highest BCUT2D eigenvalue weighted by molar-refractivity contribution is 7.91. The minimum Gasteiger partial charge on any atom is -0.497 e. The second kappa shape index (κ2) is 11.3. The van der Waals surface area contributed by atoms with Crippen LogP contribution in [0.1, 0.15) is 13.8 Å². The number of ether oxygens (including phenoxy) is 2. The molecule has 0 aliphatic carbocycles. The van der Waals surface area contributed by atoms with Gasteiger partial charge >= 0.3 is 0 Å². The molecule has 0 bridgehead atoms. The Bertz CT molecular complexity index is 886.